The lowest BCUT2D eigenvalue weighted by Crippen LogP contribution is -2.34. The van der Waals surface area contributed by atoms with E-state index in [1.54, 1.807) is 0 Å². The number of benzene rings is 1. The SMILES string of the molecule is O=C(CN1CCCC1=O)Nc1cc(Cl)ccc1C(=O)O. The molecule has 1 saturated heterocycles. The van der Waals surface area contributed by atoms with Crippen LogP contribution in [0.1, 0.15) is 23.2 Å². The molecule has 2 N–H and O–H groups in total. The molecule has 1 aromatic rings. The van der Waals surface area contributed by atoms with E-state index in [4.69, 9.17) is 16.7 Å². The second-order valence-corrected chi connectivity index (χ2v) is 4.90. The number of amides is 2. The third-order valence-corrected chi connectivity index (χ3v) is 3.23. The number of rotatable bonds is 4. The van der Waals surface area contributed by atoms with Crippen LogP contribution >= 0.6 is 11.6 Å². The minimum Gasteiger partial charge on any atom is -0.478 e. The summed E-state index contributed by atoms with van der Waals surface area (Å²) < 4.78 is 0. The Kier molecular flexibility index (Phi) is 4.24. The van der Waals surface area contributed by atoms with E-state index < -0.39 is 11.9 Å². The highest BCUT2D eigenvalue weighted by Gasteiger charge is 2.23. The van der Waals surface area contributed by atoms with E-state index >= 15 is 0 Å². The topological polar surface area (TPSA) is 86.7 Å². The first kappa shape index (κ1) is 14.3. The highest BCUT2D eigenvalue weighted by atomic mass is 35.5. The first-order chi connectivity index (χ1) is 9.47. The van der Waals surface area contributed by atoms with Gasteiger partial charge in [-0.1, -0.05) is 11.6 Å². The zero-order valence-electron chi connectivity index (χ0n) is 10.6. The molecule has 0 aromatic heterocycles. The van der Waals surface area contributed by atoms with Gasteiger partial charge in [-0.05, 0) is 24.6 Å². The first-order valence-corrected chi connectivity index (χ1v) is 6.45. The standard InChI is InChI=1S/C13H13ClN2O4/c14-8-3-4-9(13(19)20)10(6-8)15-11(17)7-16-5-1-2-12(16)18/h3-4,6H,1-2,5,7H2,(H,15,17)(H,19,20). The number of nitrogens with zero attached hydrogens (tertiary/aromatic N) is 1. The molecule has 7 heteroatoms. The average molecular weight is 297 g/mol. The van der Waals surface area contributed by atoms with Crippen LogP contribution in [-0.4, -0.2) is 40.9 Å². The third kappa shape index (κ3) is 3.27. The zero-order chi connectivity index (χ0) is 14.7. The van der Waals surface area contributed by atoms with Gasteiger partial charge in [0.1, 0.15) is 0 Å². The van der Waals surface area contributed by atoms with Crippen molar-refractivity contribution >= 4 is 35.1 Å². The Morgan fingerprint density at radius 2 is 2.15 bits per heavy atom. The molecule has 1 aromatic carbocycles. The number of carbonyl (C=O) groups is 3. The summed E-state index contributed by atoms with van der Waals surface area (Å²) >= 11 is 5.79. The number of carboxylic acids is 1. The third-order valence-electron chi connectivity index (χ3n) is 2.99. The van der Waals surface area contributed by atoms with Crippen molar-refractivity contribution in [2.45, 2.75) is 12.8 Å². The summed E-state index contributed by atoms with van der Waals surface area (Å²) in [4.78, 5) is 35.8. The van der Waals surface area contributed by atoms with Crippen molar-refractivity contribution in [2.24, 2.45) is 0 Å². The van der Waals surface area contributed by atoms with Crippen molar-refractivity contribution in [1.29, 1.82) is 0 Å². The van der Waals surface area contributed by atoms with Crippen molar-refractivity contribution in [2.75, 3.05) is 18.4 Å². The summed E-state index contributed by atoms with van der Waals surface area (Å²) in [5.74, 6) is -1.66. The number of carbonyl (C=O) groups excluding carboxylic acids is 2. The molecule has 0 atom stereocenters. The molecule has 0 aliphatic carbocycles. The Morgan fingerprint density at radius 3 is 2.75 bits per heavy atom. The molecule has 2 amide bonds. The molecule has 0 bridgehead atoms. The van der Waals surface area contributed by atoms with Crippen LogP contribution < -0.4 is 5.32 Å². The largest absolute Gasteiger partial charge is 0.478 e. The molecule has 0 unspecified atom stereocenters. The molecule has 1 aliphatic heterocycles. The Hall–Kier alpha value is -2.08. The number of carboxylic acid groups (broad SMARTS) is 1. The van der Waals surface area contributed by atoms with Gasteiger partial charge in [0, 0.05) is 18.0 Å². The first-order valence-electron chi connectivity index (χ1n) is 6.08. The smallest absolute Gasteiger partial charge is 0.337 e. The number of anilines is 1. The highest BCUT2D eigenvalue weighted by molar-refractivity contribution is 6.31. The number of hydrogen-bond donors (Lipinski definition) is 2. The summed E-state index contributed by atoms with van der Waals surface area (Å²) in [6.45, 7) is 0.470. The van der Waals surface area contributed by atoms with Crippen LogP contribution in [0, 0.1) is 0 Å². The summed E-state index contributed by atoms with van der Waals surface area (Å²) in [5, 5.41) is 11.8. The maximum atomic E-state index is 11.9. The van der Waals surface area contributed by atoms with Crippen LogP contribution in [-0.2, 0) is 9.59 Å². The molecule has 1 aliphatic rings. The molecular weight excluding hydrogens is 284 g/mol. The summed E-state index contributed by atoms with van der Waals surface area (Å²) in [7, 11) is 0. The Balaban J connectivity index is 2.09. The molecule has 106 valence electrons. The lowest BCUT2D eigenvalue weighted by molar-refractivity contribution is -0.131. The molecule has 0 spiro atoms. The number of hydrogen-bond acceptors (Lipinski definition) is 3. The lowest BCUT2D eigenvalue weighted by Gasteiger charge is -2.15. The van der Waals surface area contributed by atoms with E-state index in [-0.39, 0.29) is 23.7 Å². The number of nitrogens with one attached hydrogen (secondary N) is 1. The van der Waals surface area contributed by atoms with Crippen LogP contribution in [0.2, 0.25) is 5.02 Å². The maximum absolute atomic E-state index is 11.9. The van der Waals surface area contributed by atoms with Gasteiger partial charge in [0.25, 0.3) is 0 Å². The summed E-state index contributed by atoms with van der Waals surface area (Å²) in [5.41, 5.74) is 0.0807. The van der Waals surface area contributed by atoms with Crippen molar-refractivity contribution in [3.05, 3.63) is 28.8 Å². The molecule has 1 heterocycles. The molecular formula is C13H13ClN2O4. The van der Waals surface area contributed by atoms with Gasteiger partial charge in [-0.3, -0.25) is 9.59 Å². The molecule has 6 nitrogen and oxygen atoms in total. The van der Waals surface area contributed by atoms with Crippen LogP contribution in [0.4, 0.5) is 5.69 Å². The fraction of sp³-hybridized carbons (Fsp3) is 0.308. The Morgan fingerprint density at radius 1 is 1.40 bits per heavy atom. The normalized spacial score (nSPS) is 14.4. The quantitative estimate of drug-likeness (QED) is 0.883. The van der Waals surface area contributed by atoms with Gasteiger partial charge in [-0.15, -0.1) is 0 Å². The van der Waals surface area contributed by atoms with Gasteiger partial charge >= 0.3 is 5.97 Å². The predicted octanol–water partition coefficient (Wildman–Crippen LogP) is 1.60. The Labute approximate surface area is 120 Å². The second-order valence-electron chi connectivity index (χ2n) is 4.46. The minimum atomic E-state index is -1.16. The van der Waals surface area contributed by atoms with E-state index in [9.17, 15) is 14.4 Å². The lowest BCUT2D eigenvalue weighted by atomic mass is 10.2. The van der Waals surface area contributed by atoms with E-state index in [0.717, 1.165) is 6.42 Å². The van der Waals surface area contributed by atoms with Crippen LogP contribution in [0.5, 0.6) is 0 Å². The average Bonchev–Trinajstić information content (AvgIpc) is 2.74. The van der Waals surface area contributed by atoms with Gasteiger partial charge in [-0.2, -0.15) is 0 Å². The van der Waals surface area contributed by atoms with Gasteiger partial charge in [0.15, 0.2) is 0 Å². The molecule has 20 heavy (non-hydrogen) atoms. The Bertz CT molecular complexity index is 573. The van der Waals surface area contributed by atoms with Gasteiger partial charge in [0.05, 0.1) is 17.8 Å². The number of aromatic carboxylic acids is 1. The number of halogens is 1. The van der Waals surface area contributed by atoms with Crippen molar-refractivity contribution in [3.8, 4) is 0 Å². The maximum Gasteiger partial charge on any atom is 0.337 e. The molecule has 0 radical (unpaired) electrons. The fourth-order valence-corrected chi connectivity index (χ4v) is 2.21. The van der Waals surface area contributed by atoms with Crippen molar-refractivity contribution in [1.82, 2.24) is 4.90 Å². The van der Waals surface area contributed by atoms with E-state index in [1.807, 2.05) is 0 Å². The molecule has 1 fully saturated rings. The summed E-state index contributed by atoms with van der Waals surface area (Å²) in [6.07, 6.45) is 1.19. The van der Waals surface area contributed by atoms with Crippen molar-refractivity contribution in [3.63, 3.8) is 0 Å². The predicted molar refractivity (Wildman–Crippen MR) is 72.9 cm³/mol. The van der Waals surface area contributed by atoms with Gasteiger partial charge < -0.3 is 15.3 Å². The molecule has 2 rings (SSSR count). The van der Waals surface area contributed by atoms with E-state index in [1.165, 1.54) is 23.1 Å². The second kappa shape index (κ2) is 5.92. The van der Waals surface area contributed by atoms with E-state index in [0.29, 0.717) is 18.0 Å². The monoisotopic (exact) mass is 296 g/mol. The zero-order valence-corrected chi connectivity index (χ0v) is 11.3. The van der Waals surface area contributed by atoms with E-state index in [2.05, 4.69) is 5.32 Å². The summed E-state index contributed by atoms with van der Waals surface area (Å²) in [6, 6.07) is 4.13. The van der Waals surface area contributed by atoms with Crippen LogP contribution in [0.25, 0.3) is 0 Å². The van der Waals surface area contributed by atoms with Crippen molar-refractivity contribution < 1.29 is 19.5 Å². The van der Waals surface area contributed by atoms with Crippen LogP contribution in [0.15, 0.2) is 18.2 Å². The van der Waals surface area contributed by atoms with Gasteiger partial charge in [0.2, 0.25) is 11.8 Å². The number of likely N-dealkylation sites (tertiary alicyclic amines) is 1. The molecule has 0 saturated carbocycles. The van der Waals surface area contributed by atoms with Gasteiger partial charge in [-0.25, -0.2) is 4.79 Å². The minimum absolute atomic E-state index is 0.0458. The highest BCUT2D eigenvalue weighted by Crippen LogP contribution is 2.21. The fourth-order valence-electron chi connectivity index (χ4n) is 2.04. The van der Waals surface area contributed by atoms with Crippen LogP contribution in [0.3, 0.4) is 0 Å².